The minimum Gasteiger partial charge on any atom is -0.508 e. The number of phenolic OH excluding ortho intramolecular Hbond substituents is 1. The van der Waals surface area contributed by atoms with Crippen molar-refractivity contribution in [2.24, 2.45) is 0 Å². The van der Waals surface area contributed by atoms with Gasteiger partial charge in [-0.05, 0) is 78.3 Å². The summed E-state index contributed by atoms with van der Waals surface area (Å²) in [5.74, 6) is 0.387. The van der Waals surface area contributed by atoms with Gasteiger partial charge in [-0.3, -0.25) is 0 Å². The average Bonchev–Trinajstić information content (AvgIpc) is 2.66. The average molecular weight is 368 g/mol. The lowest BCUT2D eigenvalue weighted by atomic mass is 10.0. The van der Waals surface area contributed by atoms with Crippen LogP contribution in [0.1, 0.15) is 16.7 Å². The normalized spacial score (nSPS) is 11.6. The lowest BCUT2D eigenvalue weighted by molar-refractivity contribution is 0.472. The molecule has 1 nitrogen and oxygen atoms in total. The van der Waals surface area contributed by atoms with Crippen molar-refractivity contribution in [3.8, 4) is 5.75 Å². The van der Waals surface area contributed by atoms with E-state index < -0.39 is 0 Å². The second-order valence-corrected chi connectivity index (χ2v) is 6.88. The lowest BCUT2D eigenvalue weighted by Gasteiger charge is -2.04. The van der Waals surface area contributed by atoms with E-state index in [2.05, 4.69) is 48.6 Å². The smallest absolute Gasteiger partial charge is 0.119 e. The van der Waals surface area contributed by atoms with Gasteiger partial charge in [0.25, 0.3) is 0 Å². The van der Waals surface area contributed by atoms with Crippen LogP contribution in [0, 0.1) is 24.3 Å². The fourth-order valence-corrected chi connectivity index (χ4v) is 4.17. The number of benzene rings is 2. The highest BCUT2D eigenvalue weighted by Crippen LogP contribution is 2.40. The van der Waals surface area contributed by atoms with Gasteiger partial charge in [0.2, 0.25) is 0 Å². The van der Waals surface area contributed by atoms with E-state index in [1.807, 2.05) is 13.0 Å². The molecule has 1 N–H and O–H groups in total. The second-order valence-electron chi connectivity index (χ2n) is 4.75. The molecule has 0 aliphatic carbocycles. The molecular formula is C15H13IOS. The summed E-state index contributed by atoms with van der Waals surface area (Å²) in [7, 11) is 0. The van der Waals surface area contributed by atoms with Crippen LogP contribution in [0.25, 0.3) is 20.2 Å². The van der Waals surface area contributed by atoms with E-state index in [4.69, 9.17) is 0 Å². The van der Waals surface area contributed by atoms with Gasteiger partial charge in [-0.15, -0.1) is 11.3 Å². The predicted molar refractivity (Wildman–Crippen MR) is 87.9 cm³/mol. The highest BCUT2D eigenvalue weighted by atomic mass is 127. The zero-order chi connectivity index (χ0) is 13.0. The fourth-order valence-electron chi connectivity index (χ4n) is 2.36. The van der Waals surface area contributed by atoms with Crippen LogP contribution in [-0.4, -0.2) is 5.11 Å². The lowest BCUT2D eigenvalue weighted by Crippen LogP contribution is -1.85. The third-order valence-electron chi connectivity index (χ3n) is 3.42. The summed E-state index contributed by atoms with van der Waals surface area (Å²) in [6, 6.07) is 6.24. The Hall–Kier alpha value is -0.810. The fraction of sp³-hybridized carbons (Fsp3) is 0.200. The van der Waals surface area contributed by atoms with Crippen LogP contribution in [0.2, 0.25) is 0 Å². The summed E-state index contributed by atoms with van der Waals surface area (Å²) >= 11 is 4.18. The molecule has 92 valence electrons. The number of aryl methyl sites for hydroxylation is 3. The van der Waals surface area contributed by atoms with E-state index in [-0.39, 0.29) is 0 Å². The first kappa shape index (κ1) is 12.2. The van der Waals surface area contributed by atoms with Gasteiger partial charge in [0.1, 0.15) is 5.75 Å². The molecule has 0 aliphatic rings. The minimum absolute atomic E-state index is 0.387. The molecule has 0 radical (unpaired) electrons. The summed E-state index contributed by atoms with van der Waals surface area (Å²) in [5, 5.41) is 12.4. The summed E-state index contributed by atoms with van der Waals surface area (Å²) < 4.78 is 3.84. The number of aromatic hydroxyl groups is 1. The number of hydrogen-bond acceptors (Lipinski definition) is 2. The molecule has 1 aromatic heterocycles. The Labute approximate surface area is 124 Å². The first-order valence-corrected chi connectivity index (χ1v) is 7.70. The maximum absolute atomic E-state index is 9.83. The highest BCUT2D eigenvalue weighted by Gasteiger charge is 2.12. The van der Waals surface area contributed by atoms with Gasteiger partial charge < -0.3 is 5.11 Å². The first-order valence-electron chi connectivity index (χ1n) is 5.80. The third-order valence-corrected chi connectivity index (χ3v) is 6.37. The molecule has 0 atom stereocenters. The number of rotatable bonds is 0. The zero-order valence-corrected chi connectivity index (χ0v) is 13.4. The molecule has 0 saturated carbocycles. The van der Waals surface area contributed by atoms with Gasteiger partial charge in [0, 0.05) is 23.7 Å². The van der Waals surface area contributed by atoms with Crippen molar-refractivity contribution >= 4 is 54.1 Å². The molecule has 1 heterocycles. The van der Waals surface area contributed by atoms with Crippen molar-refractivity contribution in [2.75, 3.05) is 0 Å². The van der Waals surface area contributed by atoms with Gasteiger partial charge in [0.15, 0.2) is 0 Å². The molecule has 0 bridgehead atoms. The number of phenols is 1. The van der Waals surface area contributed by atoms with E-state index in [0.29, 0.717) is 5.75 Å². The predicted octanol–water partition coefficient (Wildman–Crippen LogP) is 5.29. The van der Waals surface area contributed by atoms with E-state index >= 15 is 0 Å². The Morgan fingerprint density at radius 1 is 1.00 bits per heavy atom. The molecule has 0 aliphatic heterocycles. The van der Waals surface area contributed by atoms with Gasteiger partial charge >= 0.3 is 0 Å². The quantitative estimate of drug-likeness (QED) is 0.535. The minimum atomic E-state index is 0.387. The largest absolute Gasteiger partial charge is 0.508 e. The van der Waals surface area contributed by atoms with Gasteiger partial charge in [-0.25, -0.2) is 0 Å². The first-order chi connectivity index (χ1) is 8.49. The Morgan fingerprint density at radius 2 is 1.67 bits per heavy atom. The van der Waals surface area contributed by atoms with Crippen LogP contribution < -0.4 is 0 Å². The van der Waals surface area contributed by atoms with Crippen molar-refractivity contribution in [3.05, 3.63) is 38.5 Å². The molecular weight excluding hydrogens is 355 g/mol. The molecule has 3 heteroatoms. The Balaban J connectivity index is 2.56. The molecule has 0 amide bonds. The summed E-state index contributed by atoms with van der Waals surface area (Å²) in [6.07, 6.45) is 0. The Morgan fingerprint density at radius 3 is 2.39 bits per heavy atom. The molecule has 3 aromatic rings. The number of hydrogen-bond donors (Lipinski definition) is 1. The molecule has 2 aromatic carbocycles. The van der Waals surface area contributed by atoms with Crippen molar-refractivity contribution in [1.29, 1.82) is 0 Å². The van der Waals surface area contributed by atoms with Crippen LogP contribution in [0.15, 0.2) is 18.2 Å². The van der Waals surface area contributed by atoms with E-state index in [9.17, 15) is 5.11 Å². The van der Waals surface area contributed by atoms with Crippen molar-refractivity contribution < 1.29 is 5.11 Å². The van der Waals surface area contributed by atoms with Crippen molar-refractivity contribution in [3.63, 3.8) is 0 Å². The van der Waals surface area contributed by atoms with E-state index in [0.717, 1.165) is 10.3 Å². The molecule has 3 rings (SSSR count). The molecule has 0 unspecified atom stereocenters. The van der Waals surface area contributed by atoms with E-state index in [1.165, 1.54) is 30.2 Å². The monoisotopic (exact) mass is 368 g/mol. The van der Waals surface area contributed by atoms with Gasteiger partial charge in [-0.2, -0.15) is 0 Å². The van der Waals surface area contributed by atoms with Gasteiger partial charge in [0.05, 0.1) is 0 Å². The molecule has 0 spiro atoms. The Bertz CT molecular complexity index is 786. The van der Waals surface area contributed by atoms with Crippen LogP contribution in [0.5, 0.6) is 5.75 Å². The van der Waals surface area contributed by atoms with Crippen LogP contribution in [0.4, 0.5) is 0 Å². The summed E-state index contributed by atoms with van der Waals surface area (Å²) in [6.45, 7) is 6.29. The molecule has 18 heavy (non-hydrogen) atoms. The van der Waals surface area contributed by atoms with Crippen molar-refractivity contribution in [2.45, 2.75) is 20.8 Å². The SMILES string of the molecule is Cc1cc2c(cc1O)sc1c(C)c(I)c(C)cc12. The van der Waals surface area contributed by atoms with E-state index in [1.54, 1.807) is 11.3 Å². The van der Waals surface area contributed by atoms with Gasteiger partial charge in [-0.1, -0.05) is 0 Å². The van der Waals surface area contributed by atoms with Crippen molar-refractivity contribution in [1.82, 2.24) is 0 Å². The second kappa shape index (κ2) is 4.10. The number of fused-ring (bicyclic) bond motifs is 3. The van der Waals surface area contributed by atoms with Crippen LogP contribution in [-0.2, 0) is 0 Å². The maximum Gasteiger partial charge on any atom is 0.119 e. The maximum atomic E-state index is 9.83. The topological polar surface area (TPSA) is 20.2 Å². The number of thiophene rings is 1. The summed E-state index contributed by atoms with van der Waals surface area (Å²) in [5.41, 5.74) is 3.62. The molecule has 0 saturated heterocycles. The highest BCUT2D eigenvalue weighted by molar-refractivity contribution is 14.1. The number of halogens is 1. The van der Waals surface area contributed by atoms with Crippen LogP contribution in [0.3, 0.4) is 0 Å². The standard InChI is InChI=1S/C15H13IOS/c1-7-4-10-11-5-8(2)14(16)9(3)15(11)18-13(10)6-12(7)17/h4-6,17H,1-3H3. The summed E-state index contributed by atoms with van der Waals surface area (Å²) in [4.78, 5) is 0. The molecule has 0 fully saturated rings. The third kappa shape index (κ3) is 1.64. The van der Waals surface area contributed by atoms with Crippen LogP contribution >= 0.6 is 33.9 Å². The Kier molecular flexibility index (Phi) is 2.79. The zero-order valence-electron chi connectivity index (χ0n) is 10.5.